The second-order valence-corrected chi connectivity index (χ2v) is 2.44. The quantitative estimate of drug-likeness (QED) is 0.545. The summed E-state index contributed by atoms with van der Waals surface area (Å²) in [5, 5.41) is 6.32. The zero-order valence-electron chi connectivity index (χ0n) is 6.17. The summed E-state index contributed by atoms with van der Waals surface area (Å²) in [5.74, 6) is 0.713. The lowest BCUT2D eigenvalue weighted by Gasteiger charge is -2.11. The van der Waals surface area contributed by atoms with Gasteiger partial charge in [0, 0.05) is 25.2 Å². The van der Waals surface area contributed by atoms with Gasteiger partial charge in [-0.1, -0.05) is 6.92 Å². The molecule has 0 amide bonds. The third-order valence-corrected chi connectivity index (χ3v) is 1.78. The number of nitrogens with zero attached hydrogens (tertiary/aromatic N) is 2. The Morgan fingerprint density at radius 2 is 2.44 bits per heavy atom. The molecule has 2 nitrogen and oxygen atoms in total. The zero-order chi connectivity index (χ0) is 6.69. The van der Waals surface area contributed by atoms with E-state index in [0.717, 1.165) is 13.1 Å². The van der Waals surface area contributed by atoms with Crippen molar-refractivity contribution >= 4 is 6.21 Å². The molecule has 0 fully saturated rings. The molecule has 0 spiro atoms. The maximum atomic E-state index is 4.21. The van der Waals surface area contributed by atoms with Crippen molar-refractivity contribution in [3.63, 3.8) is 0 Å². The van der Waals surface area contributed by atoms with Crippen LogP contribution in [-0.2, 0) is 0 Å². The first-order chi connectivity index (χ1) is 4.36. The molecule has 0 aliphatic carbocycles. The summed E-state index contributed by atoms with van der Waals surface area (Å²) in [5.41, 5.74) is 0. The van der Waals surface area contributed by atoms with Crippen LogP contribution in [0.5, 0.6) is 0 Å². The van der Waals surface area contributed by atoms with Crippen molar-refractivity contribution in [3.8, 4) is 0 Å². The summed E-state index contributed by atoms with van der Waals surface area (Å²) in [6.07, 6.45) is 3.28. The minimum absolute atomic E-state index is 0.713. The number of hydrogen-bond acceptors (Lipinski definition) is 2. The first-order valence-corrected chi connectivity index (χ1v) is 3.65. The fraction of sp³-hybridized carbons (Fsp3) is 0.857. The van der Waals surface area contributed by atoms with Gasteiger partial charge < -0.3 is 0 Å². The minimum atomic E-state index is 0.713. The standard InChI is InChI=1S/C7H14N2/c1-3-7-5-8-9(4-2)6-7/h5,7H,3-4,6H2,1-2H3. The van der Waals surface area contributed by atoms with Crippen molar-refractivity contribution in [3.05, 3.63) is 0 Å². The Morgan fingerprint density at radius 3 is 2.78 bits per heavy atom. The van der Waals surface area contributed by atoms with Gasteiger partial charge in [0.15, 0.2) is 0 Å². The smallest absolute Gasteiger partial charge is 0.0438 e. The number of hydrogen-bond donors (Lipinski definition) is 0. The molecule has 0 saturated carbocycles. The van der Waals surface area contributed by atoms with E-state index in [1.54, 1.807) is 0 Å². The van der Waals surface area contributed by atoms with Crippen LogP contribution < -0.4 is 0 Å². The normalized spacial score (nSPS) is 25.6. The topological polar surface area (TPSA) is 15.6 Å². The third kappa shape index (κ3) is 1.44. The first-order valence-electron chi connectivity index (χ1n) is 3.65. The lowest BCUT2D eigenvalue weighted by Crippen LogP contribution is -2.17. The van der Waals surface area contributed by atoms with Crippen LogP contribution in [0, 0.1) is 5.92 Å². The van der Waals surface area contributed by atoms with Gasteiger partial charge in [0.1, 0.15) is 0 Å². The molecule has 0 bridgehead atoms. The van der Waals surface area contributed by atoms with Crippen molar-refractivity contribution in [2.45, 2.75) is 20.3 Å². The van der Waals surface area contributed by atoms with E-state index in [0.29, 0.717) is 5.92 Å². The van der Waals surface area contributed by atoms with Crippen LogP contribution in [0.25, 0.3) is 0 Å². The van der Waals surface area contributed by atoms with Gasteiger partial charge in [-0.3, -0.25) is 5.01 Å². The molecule has 0 aromatic heterocycles. The van der Waals surface area contributed by atoms with Gasteiger partial charge in [-0.25, -0.2) is 0 Å². The third-order valence-electron chi connectivity index (χ3n) is 1.78. The molecule has 0 aromatic carbocycles. The lowest BCUT2D eigenvalue weighted by atomic mass is 10.1. The largest absolute Gasteiger partial charge is 0.297 e. The second kappa shape index (κ2) is 2.85. The minimum Gasteiger partial charge on any atom is -0.297 e. The fourth-order valence-electron chi connectivity index (χ4n) is 0.999. The van der Waals surface area contributed by atoms with Gasteiger partial charge in [0.05, 0.1) is 0 Å². The van der Waals surface area contributed by atoms with E-state index in [9.17, 15) is 0 Å². The molecule has 0 saturated heterocycles. The van der Waals surface area contributed by atoms with Crippen molar-refractivity contribution < 1.29 is 0 Å². The van der Waals surface area contributed by atoms with E-state index in [1.807, 2.05) is 0 Å². The summed E-state index contributed by atoms with van der Waals surface area (Å²) in [4.78, 5) is 0. The van der Waals surface area contributed by atoms with Gasteiger partial charge in [-0.15, -0.1) is 0 Å². The van der Waals surface area contributed by atoms with E-state index in [-0.39, 0.29) is 0 Å². The summed E-state index contributed by atoms with van der Waals surface area (Å²) in [6, 6.07) is 0. The maximum Gasteiger partial charge on any atom is 0.0438 e. The highest BCUT2D eigenvalue weighted by Gasteiger charge is 2.12. The molecular formula is C7H14N2. The Bertz CT molecular complexity index is 97.5. The lowest BCUT2D eigenvalue weighted by molar-refractivity contribution is 0.309. The molecule has 2 heteroatoms. The molecule has 1 rings (SSSR count). The molecule has 1 aliphatic rings. The Balaban J connectivity index is 2.31. The average Bonchev–Trinajstić information content (AvgIpc) is 2.34. The van der Waals surface area contributed by atoms with Crippen LogP contribution in [0.3, 0.4) is 0 Å². The molecule has 1 unspecified atom stereocenters. The van der Waals surface area contributed by atoms with Crippen LogP contribution in [0.2, 0.25) is 0 Å². The van der Waals surface area contributed by atoms with Gasteiger partial charge in [-0.05, 0) is 13.3 Å². The molecule has 9 heavy (non-hydrogen) atoms. The summed E-state index contributed by atoms with van der Waals surface area (Å²) in [6.45, 7) is 6.52. The molecule has 1 atom stereocenters. The highest BCUT2D eigenvalue weighted by atomic mass is 15.5. The van der Waals surface area contributed by atoms with Crippen molar-refractivity contribution in [2.24, 2.45) is 11.0 Å². The summed E-state index contributed by atoms with van der Waals surface area (Å²) >= 11 is 0. The van der Waals surface area contributed by atoms with Crippen molar-refractivity contribution in [2.75, 3.05) is 13.1 Å². The highest BCUT2D eigenvalue weighted by Crippen LogP contribution is 2.09. The highest BCUT2D eigenvalue weighted by molar-refractivity contribution is 5.62. The predicted molar refractivity (Wildman–Crippen MR) is 39.5 cm³/mol. The van der Waals surface area contributed by atoms with Gasteiger partial charge in [-0.2, -0.15) is 5.10 Å². The summed E-state index contributed by atoms with van der Waals surface area (Å²) < 4.78 is 0. The van der Waals surface area contributed by atoms with E-state index >= 15 is 0 Å². The molecule has 52 valence electrons. The van der Waals surface area contributed by atoms with Crippen LogP contribution in [0.15, 0.2) is 5.10 Å². The SMILES string of the molecule is CCC1C=NN(CC)C1. The molecular weight excluding hydrogens is 112 g/mol. The van der Waals surface area contributed by atoms with Gasteiger partial charge in [0.25, 0.3) is 0 Å². The molecule has 0 radical (unpaired) electrons. The molecule has 1 aliphatic heterocycles. The van der Waals surface area contributed by atoms with Crippen LogP contribution in [0.1, 0.15) is 20.3 Å². The van der Waals surface area contributed by atoms with E-state index < -0.39 is 0 Å². The van der Waals surface area contributed by atoms with Gasteiger partial charge in [0.2, 0.25) is 0 Å². The molecule has 0 N–H and O–H groups in total. The number of rotatable bonds is 2. The monoisotopic (exact) mass is 126 g/mol. The van der Waals surface area contributed by atoms with Crippen molar-refractivity contribution in [1.29, 1.82) is 0 Å². The zero-order valence-corrected chi connectivity index (χ0v) is 6.17. The summed E-state index contributed by atoms with van der Waals surface area (Å²) in [7, 11) is 0. The van der Waals surface area contributed by atoms with Crippen LogP contribution in [0.4, 0.5) is 0 Å². The second-order valence-electron chi connectivity index (χ2n) is 2.44. The van der Waals surface area contributed by atoms with E-state index in [1.165, 1.54) is 6.42 Å². The molecule has 0 aromatic rings. The Hall–Kier alpha value is -0.530. The fourth-order valence-corrected chi connectivity index (χ4v) is 0.999. The Morgan fingerprint density at radius 1 is 1.67 bits per heavy atom. The van der Waals surface area contributed by atoms with E-state index in [4.69, 9.17) is 0 Å². The predicted octanol–water partition coefficient (Wildman–Crippen LogP) is 1.33. The molecule has 1 heterocycles. The number of hydrazone groups is 1. The first kappa shape index (κ1) is 6.59. The van der Waals surface area contributed by atoms with Crippen LogP contribution in [-0.4, -0.2) is 24.3 Å². The Kier molecular flexibility index (Phi) is 2.09. The Labute approximate surface area is 56.5 Å². The van der Waals surface area contributed by atoms with Crippen LogP contribution >= 0.6 is 0 Å². The van der Waals surface area contributed by atoms with Crippen molar-refractivity contribution in [1.82, 2.24) is 5.01 Å². The maximum absolute atomic E-state index is 4.21. The van der Waals surface area contributed by atoms with E-state index in [2.05, 4.69) is 30.2 Å². The average molecular weight is 126 g/mol. The van der Waals surface area contributed by atoms with Gasteiger partial charge >= 0.3 is 0 Å².